The van der Waals surface area contributed by atoms with Crippen LogP contribution in [0.5, 0.6) is 5.75 Å². The van der Waals surface area contributed by atoms with Gasteiger partial charge in [-0.2, -0.15) is 0 Å². The molecule has 30 heavy (non-hydrogen) atoms. The van der Waals surface area contributed by atoms with Crippen molar-refractivity contribution >= 4 is 40.4 Å². The van der Waals surface area contributed by atoms with Crippen LogP contribution in [0.1, 0.15) is 22.0 Å². The van der Waals surface area contributed by atoms with Crippen molar-refractivity contribution in [3.05, 3.63) is 86.8 Å². The summed E-state index contributed by atoms with van der Waals surface area (Å²) in [7, 11) is 1.46. The summed E-state index contributed by atoms with van der Waals surface area (Å²) in [5.41, 5.74) is 1.04. The molecule has 3 heterocycles. The first-order valence-electron chi connectivity index (χ1n) is 9.06. The number of hydrogen-bond acceptors (Lipinski definition) is 6. The molecule has 6 nitrogen and oxygen atoms in total. The molecule has 3 aromatic rings. The Bertz CT molecular complexity index is 1130. The first-order chi connectivity index (χ1) is 14.5. The first-order valence-corrected chi connectivity index (χ1v) is 10.3. The van der Waals surface area contributed by atoms with Crippen LogP contribution in [0.3, 0.4) is 0 Å². The van der Waals surface area contributed by atoms with E-state index in [1.165, 1.54) is 29.4 Å². The SMILES string of the molecule is COc1cc(/C(O)=C2/C(=O)C(=O)N(Cc3cccs3)C2c2ccncc2)ccc1Cl. The van der Waals surface area contributed by atoms with Gasteiger partial charge < -0.3 is 14.7 Å². The van der Waals surface area contributed by atoms with Crippen LogP contribution in [0.2, 0.25) is 5.02 Å². The molecule has 0 saturated carbocycles. The summed E-state index contributed by atoms with van der Waals surface area (Å²) in [6.45, 7) is 0.260. The van der Waals surface area contributed by atoms with Crippen LogP contribution >= 0.6 is 22.9 Å². The van der Waals surface area contributed by atoms with E-state index in [-0.39, 0.29) is 17.9 Å². The second-order valence-corrected chi connectivity index (χ2v) is 8.08. The van der Waals surface area contributed by atoms with Crippen molar-refractivity contribution in [1.82, 2.24) is 9.88 Å². The lowest BCUT2D eigenvalue weighted by atomic mass is 9.96. The van der Waals surface area contributed by atoms with Crippen LogP contribution in [0.4, 0.5) is 0 Å². The molecule has 1 saturated heterocycles. The summed E-state index contributed by atoms with van der Waals surface area (Å²) in [6.07, 6.45) is 3.18. The van der Waals surface area contributed by atoms with Gasteiger partial charge in [-0.15, -0.1) is 11.3 Å². The van der Waals surface area contributed by atoms with E-state index < -0.39 is 17.7 Å². The number of carbonyl (C=O) groups excluding carboxylic acids is 2. The number of aliphatic hydroxyl groups is 1. The summed E-state index contributed by atoms with van der Waals surface area (Å²) in [6, 6.07) is 11.2. The van der Waals surface area contributed by atoms with E-state index in [4.69, 9.17) is 16.3 Å². The molecule has 152 valence electrons. The number of pyridine rings is 1. The third-order valence-corrected chi connectivity index (χ3v) is 6.07. The van der Waals surface area contributed by atoms with Gasteiger partial charge >= 0.3 is 0 Å². The highest BCUT2D eigenvalue weighted by Gasteiger charge is 2.46. The quantitative estimate of drug-likeness (QED) is 0.360. The number of ether oxygens (including phenoxy) is 1. The molecule has 1 atom stereocenters. The Balaban J connectivity index is 1.87. The van der Waals surface area contributed by atoms with Gasteiger partial charge in [0.15, 0.2) is 0 Å². The minimum atomic E-state index is -0.739. The molecule has 8 heteroatoms. The van der Waals surface area contributed by atoms with Gasteiger partial charge in [0.05, 0.1) is 30.3 Å². The number of rotatable bonds is 5. The minimum absolute atomic E-state index is 0.0205. The number of hydrogen-bond donors (Lipinski definition) is 1. The number of nitrogens with zero attached hydrogens (tertiary/aromatic N) is 2. The van der Waals surface area contributed by atoms with Gasteiger partial charge in [-0.3, -0.25) is 14.6 Å². The number of likely N-dealkylation sites (tertiary alicyclic amines) is 1. The third-order valence-electron chi connectivity index (χ3n) is 4.89. The summed E-state index contributed by atoms with van der Waals surface area (Å²) in [5, 5.41) is 13.3. The third kappa shape index (κ3) is 3.58. The number of Topliss-reactive ketones (excluding diaryl/α,β-unsaturated/α-hetero) is 1. The van der Waals surface area contributed by atoms with Crippen molar-refractivity contribution in [2.75, 3.05) is 7.11 Å². The van der Waals surface area contributed by atoms with Crippen molar-refractivity contribution in [3.8, 4) is 5.75 Å². The van der Waals surface area contributed by atoms with E-state index in [1.54, 1.807) is 36.7 Å². The number of aliphatic hydroxyl groups excluding tert-OH is 1. The van der Waals surface area contributed by atoms with Gasteiger partial charge in [0.2, 0.25) is 0 Å². The molecule has 1 aliphatic rings. The van der Waals surface area contributed by atoms with Crippen LogP contribution in [-0.2, 0) is 16.1 Å². The number of benzene rings is 1. The van der Waals surface area contributed by atoms with Gasteiger partial charge in [0.1, 0.15) is 11.5 Å². The molecule has 1 N–H and O–H groups in total. The summed E-state index contributed by atoms with van der Waals surface area (Å²) < 4.78 is 5.21. The van der Waals surface area contributed by atoms with Crippen LogP contribution in [0.25, 0.3) is 5.76 Å². The molecule has 4 rings (SSSR count). The largest absolute Gasteiger partial charge is 0.507 e. The van der Waals surface area contributed by atoms with E-state index in [2.05, 4.69) is 4.98 Å². The number of amides is 1. The zero-order valence-electron chi connectivity index (χ0n) is 15.9. The zero-order chi connectivity index (χ0) is 21.3. The first kappa shape index (κ1) is 20.1. The molecule has 1 aromatic carbocycles. The number of carbonyl (C=O) groups is 2. The zero-order valence-corrected chi connectivity index (χ0v) is 17.5. The molecule has 1 unspecified atom stereocenters. The van der Waals surface area contributed by atoms with E-state index in [0.29, 0.717) is 21.9 Å². The van der Waals surface area contributed by atoms with Crippen molar-refractivity contribution in [2.24, 2.45) is 0 Å². The lowest BCUT2D eigenvalue weighted by Crippen LogP contribution is -2.28. The Morgan fingerprint density at radius 2 is 2.00 bits per heavy atom. The maximum atomic E-state index is 13.0. The van der Waals surface area contributed by atoms with E-state index in [9.17, 15) is 14.7 Å². The van der Waals surface area contributed by atoms with Crippen LogP contribution in [0, 0.1) is 0 Å². The number of aromatic nitrogens is 1. The average Bonchev–Trinajstić information content (AvgIpc) is 3.36. The number of methoxy groups -OCH3 is 1. The van der Waals surface area contributed by atoms with Crippen molar-refractivity contribution in [2.45, 2.75) is 12.6 Å². The molecule has 0 aliphatic carbocycles. The van der Waals surface area contributed by atoms with Gasteiger partial charge in [-0.1, -0.05) is 17.7 Å². The van der Waals surface area contributed by atoms with Crippen molar-refractivity contribution < 1.29 is 19.4 Å². The molecular formula is C22H17ClN2O4S. The lowest BCUT2D eigenvalue weighted by molar-refractivity contribution is -0.140. The molecule has 0 spiro atoms. The summed E-state index contributed by atoms with van der Waals surface area (Å²) in [4.78, 5) is 32.3. The maximum absolute atomic E-state index is 13.0. The minimum Gasteiger partial charge on any atom is -0.507 e. The molecule has 1 aliphatic heterocycles. The summed E-state index contributed by atoms with van der Waals surface area (Å²) >= 11 is 7.58. The average molecular weight is 441 g/mol. The van der Waals surface area contributed by atoms with Gasteiger partial charge in [0.25, 0.3) is 11.7 Å². The molecule has 1 fully saturated rings. The molecule has 0 radical (unpaired) electrons. The second-order valence-electron chi connectivity index (χ2n) is 6.64. The Morgan fingerprint density at radius 1 is 1.23 bits per heavy atom. The monoisotopic (exact) mass is 440 g/mol. The Kier molecular flexibility index (Phi) is 5.57. The number of halogens is 1. The predicted molar refractivity (Wildman–Crippen MR) is 114 cm³/mol. The fraction of sp³-hybridized carbons (Fsp3) is 0.136. The van der Waals surface area contributed by atoms with E-state index in [0.717, 1.165) is 4.88 Å². The predicted octanol–water partition coefficient (Wildman–Crippen LogP) is 4.43. The highest BCUT2D eigenvalue weighted by molar-refractivity contribution is 7.09. The second kappa shape index (κ2) is 8.30. The fourth-order valence-corrected chi connectivity index (χ4v) is 4.37. The summed E-state index contributed by atoms with van der Waals surface area (Å²) in [5.74, 6) is -1.32. The topological polar surface area (TPSA) is 79.7 Å². The van der Waals surface area contributed by atoms with Crippen LogP contribution < -0.4 is 4.74 Å². The van der Waals surface area contributed by atoms with E-state index >= 15 is 0 Å². The molecule has 0 bridgehead atoms. The van der Waals surface area contributed by atoms with Crippen LogP contribution in [0.15, 0.2) is 65.8 Å². The maximum Gasteiger partial charge on any atom is 0.295 e. The van der Waals surface area contributed by atoms with Gasteiger partial charge in [0, 0.05) is 22.8 Å². The van der Waals surface area contributed by atoms with Crippen LogP contribution in [-0.4, -0.2) is 33.8 Å². The van der Waals surface area contributed by atoms with Crippen molar-refractivity contribution in [3.63, 3.8) is 0 Å². The van der Waals surface area contributed by atoms with Gasteiger partial charge in [-0.05, 0) is 47.3 Å². The molecular weight excluding hydrogens is 424 g/mol. The standard InChI is InChI=1S/C22H17ClN2O4S/c1-29-17-11-14(4-5-16(17)23)20(26)18-19(13-6-8-24-9-7-13)25(22(28)21(18)27)12-15-3-2-10-30-15/h2-11,19,26H,12H2,1H3/b20-18-. The van der Waals surface area contributed by atoms with E-state index in [1.807, 2.05) is 17.5 Å². The Hall–Kier alpha value is -3.16. The fourth-order valence-electron chi connectivity index (χ4n) is 3.47. The normalized spacial score (nSPS) is 18.1. The molecule has 1 amide bonds. The Labute approximate surface area is 182 Å². The highest BCUT2D eigenvalue weighted by Crippen LogP contribution is 2.41. The number of thiophene rings is 1. The smallest absolute Gasteiger partial charge is 0.295 e. The molecule has 2 aromatic heterocycles. The highest BCUT2D eigenvalue weighted by atomic mass is 35.5. The lowest BCUT2D eigenvalue weighted by Gasteiger charge is -2.24. The number of ketones is 1. The Morgan fingerprint density at radius 3 is 2.67 bits per heavy atom. The van der Waals surface area contributed by atoms with Gasteiger partial charge in [-0.25, -0.2) is 0 Å². The van der Waals surface area contributed by atoms with Crippen molar-refractivity contribution in [1.29, 1.82) is 0 Å².